The van der Waals surface area contributed by atoms with Crippen molar-refractivity contribution in [1.29, 1.82) is 0 Å². The van der Waals surface area contributed by atoms with Gasteiger partial charge >= 0.3 is 0 Å². The number of benzene rings is 1. The summed E-state index contributed by atoms with van der Waals surface area (Å²) < 4.78 is 5.12. The Labute approximate surface area is 155 Å². The van der Waals surface area contributed by atoms with E-state index < -0.39 is 0 Å². The molecule has 1 aromatic rings. The second-order valence-corrected chi connectivity index (χ2v) is 7.25. The number of aliphatic hydroxyl groups is 1. The Morgan fingerprint density at radius 2 is 2.00 bits per heavy atom. The molecular formula is C21H28N2O3. The predicted octanol–water partition coefficient (Wildman–Crippen LogP) is 1.49. The van der Waals surface area contributed by atoms with Crippen LogP contribution < -0.4 is 0 Å². The Hall–Kier alpha value is -1.87. The maximum absolute atomic E-state index is 12.8. The van der Waals surface area contributed by atoms with Crippen LogP contribution in [-0.2, 0) is 16.1 Å². The van der Waals surface area contributed by atoms with Gasteiger partial charge in [0.2, 0.25) is 5.91 Å². The van der Waals surface area contributed by atoms with Gasteiger partial charge in [-0.15, -0.1) is 0 Å². The van der Waals surface area contributed by atoms with Gasteiger partial charge in [-0.3, -0.25) is 9.69 Å². The van der Waals surface area contributed by atoms with Crippen LogP contribution in [0.15, 0.2) is 24.3 Å². The summed E-state index contributed by atoms with van der Waals surface area (Å²) in [4.78, 5) is 17.2. The zero-order chi connectivity index (χ0) is 18.4. The van der Waals surface area contributed by atoms with Gasteiger partial charge in [-0.05, 0) is 37.1 Å². The first kappa shape index (κ1) is 18.9. The average molecular weight is 356 g/mol. The smallest absolute Gasteiger partial charge is 0.230 e. The van der Waals surface area contributed by atoms with Crippen LogP contribution >= 0.6 is 0 Å². The quantitative estimate of drug-likeness (QED) is 0.785. The molecule has 0 bridgehead atoms. The Kier molecular flexibility index (Phi) is 6.31. The molecular weight excluding hydrogens is 328 g/mol. The summed E-state index contributed by atoms with van der Waals surface area (Å²) in [6.07, 6.45) is 2.43. The monoisotopic (exact) mass is 356 g/mol. The normalized spacial score (nSPS) is 22.8. The summed E-state index contributed by atoms with van der Waals surface area (Å²) in [5.74, 6) is 6.30. The third kappa shape index (κ3) is 4.27. The summed E-state index contributed by atoms with van der Waals surface area (Å²) in [6.45, 7) is 4.97. The lowest BCUT2D eigenvalue weighted by atomic mass is 9.85. The lowest BCUT2D eigenvalue weighted by Gasteiger charge is -2.23. The van der Waals surface area contributed by atoms with Crippen LogP contribution in [0.1, 0.15) is 30.4 Å². The third-order valence-electron chi connectivity index (χ3n) is 5.43. The first-order valence-corrected chi connectivity index (χ1v) is 9.36. The maximum Gasteiger partial charge on any atom is 0.230 e. The van der Waals surface area contributed by atoms with Crippen molar-refractivity contribution in [2.75, 3.05) is 46.5 Å². The molecule has 2 heterocycles. The second-order valence-electron chi connectivity index (χ2n) is 7.25. The van der Waals surface area contributed by atoms with Crippen molar-refractivity contribution >= 4 is 5.91 Å². The minimum atomic E-state index is -0.177. The molecule has 1 spiro atoms. The van der Waals surface area contributed by atoms with Crippen molar-refractivity contribution in [2.24, 2.45) is 5.41 Å². The fourth-order valence-corrected chi connectivity index (χ4v) is 3.95. The molecule has 2 aliphatic heterocycles. The number of nitrogens with zero attached hydrogens (tertiary/aromatic N) is 2. The van der Waals surface area contributed by atoms with Crippen LogP contribution in [0.2, 0.25) is 0 Å². The number of ether oxygens (including phenoxy) is 1. The van der Waals surface area contributed by atoms with Gasteiger partial charge in [-0.2, -0.15) is 0 Å². The van der Waals surface area contributed by atoms with E-state index >= 15 is 0 Å². The van der Waals surface area contributed by atoms with Gasteiger partial charge in [0.25, 0.3) is 0 Å². The molecule has 3 rings (SSSR count). The van der Waals surface area contributed by atoms with E-state index in [1.54, 1.807) is 7.11 Å². The predicted molar refractivity (Wildman–Crippen MR) is 100 cm³/mol. The molecule has 2 aliphatic rings. The summed E-state index contributed by atoms with van der Waals surface area (Å²) in [5.41, 5.74) is 2.04. The highest BCUT2D eigenvalue weighted by atomic mass is 16.5. The minimum absolute atomic E-state index is 0.101. The van der Waals surface area contributed by atoms with E-state index in [0.717, 1.165) is 44.6 Å². The molecule has 2 fully saturated rings. The van der Waals surface area contributed by atoms with Crippen LogP contribution in [0.5, 0.6) is 0 Å². The number of aliphatic hydroxyl groups excluding tert-OH is 1. The number of rotatable bonds is 6. The molecule has 1 aromatic carbocycles. The van der Waals surface area contributed by atoms with Crippen LogP contribution in [0.3, 0.4) is 0 Å². The SMILES string of the molecule is COCCN1CCC2(CCN(Cc3ccc(C#CCCO)cc3)C2)C1=O. The molecule has 0 aromatic heterocycles. The van der Waals surface area contributed by atoms with Crippen LogP contribution in [-0.4, -0.2) is 67.3 Å². The van der Waals surface area contributed by atoms with Crippen LogP contribution in [0.4, 0.5) is 0 Å². The standard InChI is InChI=1S/C21H28N2O3/c1-26-15-13-23-12-10-21(20(23)25)9-11-22(17-21)16-19-7-5-18(6-8-19)4-2-3-14-24/h5-8,24H,3,9-17H2,1H3. The molecule has 1 N–H and O–H groups in total. The number of likely N-dealkylation sites (tertiary alicyclic amines) is 2. The van der Waals surface area contributed by atoms with Crippen LogP contribution in [0, 0.1) is 17.3 Å². The van der Waals surface area contributed by atoms with E-state index in [2.05, 4.69) is 28.9 Å². The zero-order valence-electron chi connectivity index (χ0n) is 15.5. The highest BCUT2D eigenvalue weighted by molar-refractivity contribution is 5.85. The molecule has 0 saturated carbocycles. The number of carbonyl (C=O) groups is 1. The lowest BCUT2D eigenvalue weighted by Crippen LogP contribution is -2.38. The molecule has 1 amide bonds. The van der Waals surface area contributed by atoms with E-state index in [1.165, 1.54) is 5.56 Å². The van der Waals surface area contributed by atoms with E-state index in [0.29, 0.717) is 25.5 Å². The van der Waals surface area contributed by atoms with Crippen molar-refractivity contribution < 1.29 is 14.6 Å². The number of carbonyl (C=O) groups excluding carboxylic acids is 1. The summed E-state index contributed by atoms with van der Waals surface area (Å²) in [7, 11) is 1.68. The van der Waals surface area contributed by atoms with Gasteiger partial charge in [0.05, 0.1) is 18.6 Å². The summed E-state index contributed by atoms with van der Waals surface area (Å²) >= 11 is 0. The summed E-state index contributed by atoms with van der Waals surface area (Å²) in [6, 6.07) is 8.27. The van der Waals surface area contributed by atoms with E-state index in [1.807, 2.05) is 17.0 Å². The highest BCUT2D eigenvalue weighted by Gasteiger charge is 2.50. The molecule has 1 unspecified atom stereocenters. The fraction of sp³-hybridized carbons (Fsp3) is 0.571. The molecule has 140 valence electrons. The Bertz CT molecular complexity index is 677. The topological polar surface area (TPSA) is 53.0 Å². The Morgan fingerprint density at radius 1 is 1.23 bits per heavy atom. The van der Waals surface area contributed by atoms with Crippen molar-refractivity contribution in [3.63, 3.8) is 0 Å². The molecule has 5 nitrogen and oxygen atoms in total. The van der Waals surface area contributed by atoms with E-state index in [9.17, 15) is 4.79 Å². The molecule has 2 saturated heterocycles. The highest BCUT2D eigenvalue weighted by Crippen LogP contribution is 2.40. The summed E-state index contributed by atoms with van der Waals surface area (Å²) in [5, 5.41) is 8.77. The van der Waals surface area contributed by atoms with E-state index in [-0.39, 0.29) is 12.0 Å². The molecule has 0 aliphatic carbocycles. The Balaban J connectivity index is 1.55. The first-order valence-electron chi connectivity index (χ1n) is 9.36. The van der Waals surface area contributed by atoms with Gasteiger partial charge < -0.3 is 14.7 Å². The second kappa shape index (κ2) is 8.68. The van der Waals surface area contributed by atoms with Gasteiger partial charge in [0.1, 0.15) is 0 Å². The molecule has 0 radical (unpaired) electrons. The average Bonchev–Trinajstić information content (AvgIpc) is 3.20. The molecule has 5 heteroatoms. The van der Waals surface area contributed by atoms with Gasteiger partial charge in [0, 0.05) is 45.3 Å². The number of methoxy groups -OCH3 is 1. The van der Waals surface area contributed by atoms with Gasteiger partial charge in [-0.1, -0.05) is 24.0 Å². The van der Waals surface area contributed by atoms with Crippen molar-refractivity contribution in [3.8, 4) is 11.8 Å². The number of amides is 1. The van der Waals surface area contributed by atoms with Crippen molar-refractivity contribution in [2.45, 2.75) is 25.8 Å². The number of hydrogen-bond donors (Lipinski definition) is 1. The van der Waals surface area contributed by atoms with Crippen molar-refractivity contribution in [3.05, 3.63) is 35.4 Å². The first-order chi connectivity index (χ1) is 12.7. The van der Waals surface area contributed by atoms with Crippen LogP contribution in [0.25, 0.3) is 0 Å². The lowest BCUT2D eigenvalue weighted by molar-refractivity contribution is -0.136. The fourth-order valence-electron chi connectivity index (χ4n) is 3.95. The third-order valence-corrected chi connectivity index (χ3v) is 5.43. The number of hydrogen-bond acceptors (Lipinski definition) is 4. The van der Waals surface area contributed by atoms with Gasteiger partial charge in [-0.25, -0.2) is 0 Å². The molecule has 1 atom stereocenters. The Morgan fingerprint density at radius 3 is 2.73 bits per heavy atom. The maximum atomic E-state index is 12.8. The minimum Gasteiger partial charge on any atom is -0.395 e. The van der Waals surface area contributed by atoms with Crippen molar-refractivity contribution in [1.82, 2.24) is 9.80 Å². The molecule has 26 heavy (non-hydrogen) atoms. The van der Waals surface area contributed by atoms with Gasteiger partial charge in [0.15, 0.2) is 0 Å². The zero-order valence-corrected chi connectivity index (χ0v) is 15.5. The largest absolute Gasteiger partial charge is 0.395 e. The van der Waals surface area contributed by atoms with E-state index in [4.69, 9.17) is 9.84 Å².